The van der Waals surface area contributed by atoms with Crippen molar-refractivity contribution in [2.45, 2.75) is 13.8 Å². The molecule has 0 radical (unpaired) electrons. The van der Waals surface area contributed by atoms with Gasteiger partial charge in [-0.15, -0.1) is 0 Å². The molecule has 1 aromatic carbocycles. The molecule has 18 heavy (non-hydrogen) atoms. The Balaban J connectivity index is 2.20. The number of aromatic nitrogens is 2. The SMILES string of the molecule is CCNc1cc(Oc2ccc(Cl)cc2)nc(C)n1. The molecule has 0 spiro atoms. The van der Waals surface area contributed by atoms with Crippen LogP contribution < -0.4 is 10.1 Å². The van der Waals surface area contributed by atoms with Crippen LogP contribution in [0.1, 0.15) is 12.7 Å². The Morgan fingerprint density at radius 3 is 2.61 bits per heavy atom. The van der Waals surface area contributed by atoms with Crippen LogP contribution >= 0.6 is 11.6 Å². The molecule has 2 rings (SSSR count). The molecule has 5 heteroatoms. The molecule has 0 saturated carbocycles. The lowest BCUT2D eigenvalue weighted by Gasteiger charge is -2.08. The fourth-order valence-electron chi connectivity index (χ4n) is 1.49. The van der Waals surface area contributed by atoms with Gasteiger partial charge < -0.3 is 10.1 Å². The van der Waals surface area contributed by atoms with Gasteiger partial charge in [-0.25, -0.2) is 4.98 Å². The third-order valence-corrected chi connectivity index (χ3v) is 2.46. The van der Waals surface area contributed by atoms with Crippen LogP contribution in [0.3, 0.4) is 0 Å². The summed E-state index contributed by atoms with van der Waals surface area (Å²) < 4.78 is 5.65. The largest absolute Gasteiger partial charge is 0.439 e. The number of aryl methyl sites for hydroxylation is 1. The standard InChI is InChI=1S/C13H14ClN3O/c1-3-15-12-8-13(17-9(2)16-12)18-11-6-4-10(14)5-7-11/h4-8H,3H2,1-2H3,(H,15,16,17). The molecule has 2 aromatic rings. The average molecular weight is 264 g/mol. The van der Waals surface area contributed by atoms with E-state index in [4.69, 9.17) is 16.3 Å². The molecular weight excluding hydrogens is 250 g/mol. The predicted octanol–water partition coefficient (Wildman–Crippen LogP) is 3.66. The van der Waals surface area contributed by atoms with Crippen molar-refractivity contribution in [2.24, 2.45) is 0 Å². The van der Waals surface area contributed by atoms with Gasteiger partial charge in [-0.05, 0) is 38.1 Å². The molecule has 0 saturated heterocycles. The van der Waals surface area contributed by atoms with Gasteiger partial charge in [0.25, 0.3) is 0 Å². The topological polar surface area (TPSA) is 47.0 Å². The zero-order chi connectivity index (χ0) is 13.0. The number of nitrogens with zero attached hydrogens (tertiary/aromatic N) is 2. The average Bonchev–Trinajstić information content (AvgIpc) is 2.32. The first kappa shape index (κ1) is 12.6. The van der Waals surface area contributed by atoms with E-state index in [-0.39, 0.29) is 0 Å². The monoisotopic (exact) mass is 263 g/mol. The maximum Gasteiger partial charge on any atom is 0.224 e. The van der Waals surface area contributed by atoms with Crippen LogP contribution in [0.4, 0.5) is 5.82 Å². The van der Waals surface area contributed by atoms with E-state index in [0.29, 0.717) is 22.5 Å². The highest BCUT2D eigenvalue weighted by molar-refractivity contribution is 6.30. The smallest absolute Gasteiger partial charge is 0.224 e. The molecule has 94 valence electrons. The van der Waals surface area contributed by atoms with Crippen molar-refractivity contribution in [2.75, 3.05) is 11.9 Å². The maximum atomic E-state index is 5.82. The number of halogens is 1. The molecule has 1 heterocycles. The van der Waals surface area contributed by atoms with Gasteiger partial charge in [0.2, 0.25) is 5.88 Å². The second kappa shape index (κ2) is 5.69. The minimum atomic E-state index is 0.515. The van der Waals surface area contributed by atoms with E-state index in [9.17, 15) is 0 Å². The molecule has 0 fully saturated rings. The summed E-state index contributed by atoms with van der Waals surface area (Å²) in [6, 6.07) is 8.91. The van der Waals surface area contributed by atoms with Crippen molar-refractivity contribution in [3.05, 3.63) is 41.2 Å². The molecule has 0 bridgehead atoms. The molecule has 0 amide bonds. The first-order chi connectivity index (χ1) is 8.67. The Bertz CT molecular complexity index is 528. The molecule has 1 N–H and O–H groups in total. The summed E-state index contributed by atoms with van der Waals surface area (Å²) in [4.78, 5) is 8.48. The summed E-state index contributed by atoms with van der Waals surface area (Å²) in [5.41, 5.74) is 0. The summed E-state index contributed by atoms with van der Waals surface area (Å²) in [5.74, 6) is 2.63. The minimum Gasteiger partial charge on any atom is -0.439 e. The van der Waals surface area contributed by atoms with Crippen molar-refractivity contribution in [1.29, 1.82) is 0 Å². The van der Waals surface area contributed by atoms with Crippen molar-refractivity contribution in [3.63, 3.8) is 0 Å². The lowest BCUT2D eigenvalue weighted by Crippen LogP contribution is -2.02. The molecule has 4 nitrogen and oxygen atoms in total. The summed E-state index contributed by atoms with van der Waals surface area (Å²) in [7, 11) is 0. The predicted molar refractivity (Wildman–Crippen MR) is 72.5 cm³/mol. The molecular formula is C13H14ClN3O. The third kappa shape index (κ3) is 3.34. The second-order valence-electron chi connectivity index (χ2n) is 3.72. The Labute approximate surface area is 111 Å². The zero-order valence-electron chi connectivity index (χ0n) is 10.3. The van der Waals surface area contributed by atoms with Crippen molar-refractivity contribution in [3.8, 4) is 11.6 Å². The van der Waals surface area contributed by atoms with Crippen LogP contribution in [-0.4, -0.2) is 16.5 Å². The Morgan fingerprint density at radius 1 is 1.22 bits per heavy atom. The fourth-order valence-corrected chi connectivity index (χ4v) is 1.61. The lowest BCUT2D eigenvalue weighted by molar-refractivity contribution is 0.460. The summed E-state index contributed by atoms with van der Waals surface area (Å²) in [6.45, 7) is 4.64. The van der Waals surface area contributed by atoms with Gasteiger partial charge in [0, 0.05) is 17.6 Å². The molecule has 1 aromatic heterocycles. The van der Waals surface area contributed by atoms with Gasteiger partial charge >= 0.3 is 0 Å². The second-order valence-corrected chi connectivity index (χ2v) is 4.16. The number of hydrogen-bond donors (Lipinski definition) is 1. The number of hydrogen-bond acceptors (Lipinski definition) is 4. The van der Waals surface area contributed by atoms with E-state index in [2.05, 4.69) is 15.3 Å². The summed E-state index contributed by atoms with van der Waals surface area (Å²) in [6.07, 6.45) is 0. The summed E-state index contributed by atoms with van der Waals surface area (Å²) in [5, 5.41) is 3.81. The van der Waals surface area contributed by atoms with Crippen LogP contribution in [0, 0.1) is 6.92 Å². The van der Waals surface area contributed by atoms with Gasteiger partial charge in [0.15, 0.2) is 0 Å². The van der Waals surface area contributed by atoms with Crippen LogP contribution in [-0.2, 0) is 0 Å². The van der Waals surface area contributed by atoms with Crippen molar-refractivity contribution < 1.29 is 4.74 Å². The van der Waals surface area contributed by atoms with Crippen molar-refractivity contribution in [1.82, 2.24) is 9.97 Å². The first-order valence-corrected chi connectivity index (χ1v) is 6.08. The van der Waals surface area contributed by atoms with E-state index >= 15 is 0 Å². The highest BCUT2D eigenvalue weighted by Crippen LogP contribution is 2.23. The Kier molecular flexibility index (Phi) is 3.99. The van der Waals surface area contributed by atoms with Gasteiger partial charge in [0.1, 0.15) is 17.4 Å². The Morgan fingerprint density at radius 2 is 1.94 bits per heavy atom. The molecule has 0 atom stereocenters. The van der Waals surface area contributed by atoms with Gasteiger partial charge in [-0.2, -0.15) is 4.98 Å². The van der Waals surface area contributed by atoms with Crippen LogP contribution in [0.5, 0.6) is 11.6 Å². The molecule has 0 aliphatic heterocycles. The van der Waals surface area contributed by atoms with Crippen LogP contribution in [0.2, 0.25) is 5.02 Å². The van der Waals surface area contributed by atoms with E-state index in [1.165, 1.54) is 0 Å². The number of rotatable bonds is 4. The molecule has 0 unspecified atom stereocenters. The zero-order valence-corrected chi connectivity index (χ0v) is 11.0. The molecule has 0 aliphatic rings. The van der Waals surface area contributed by atoms with E-state index in [1.54, 1.807) is 30.3 Å². The van der Waals surface area contributed by atoms with Crippen molar-refractivity contribution >= 4 is 17.4 Å². The van der Waals surface area contributed by atoms with E-state index in [1.807, 2.05) is 13.8 Å². The Hall–Kier alpha value is -1.81. The van der Waals surface area contributed by atoms with E-state index < -0.39 is 0 Å². The number of benzene rings is 1. The number of anilines is 1. The van der Waals surface area contributed by atoms with E-state index in [0.717, 1.165) is 12.4 Å². The first-order valence-electron chi connectivity index (χ1n) is 5.70. The number of ether oxygens (including phenoxy) is 1. The quantitative estimate of drug-likeness (QED) is 0.914. The third-order valence-electron chi connectivity index (χ3n) is 2.21. The van der Waals surface area contributed by atoms with Gasteiger partial charge in [-0.3, -0.25) is 0 Å². The lowest BCUT2D eigenvalue weighted by atomic mass is 10.3. The van der Waals surface area contributed by atoms with Crippen LogP contribution in [0.25, 0.3) is 0 Å². The van der Waals surface area contributed by atoms with Gasteiger partial charge in [0.05, 0.1) is 0 Å². The van der Waals surface area contributed by atoms with Gasteiger partial charge in [-0.1, -0.05) is 11.6 Å². The maximum absolute atomic E-state index is 5.82. The normalized spacial score (nSPS) is 10.2. The highest BCUT2D eigenvalue weighted by Gasteiger charge is 2.03. The number of nitrogens with one attached hydrogen (secondary N) is 1. The molecule has 0 aliphatic carbocycles. The minimum absolute atomic E-state index is 0.515. The summed E-state index contributed by atoms with van der Waals surface area (Å²) >= 11 is 5.82. The van der Waals surface area contributed by atoms with Crippen LogP contribution in [0.15, 0.2) is 30.3 Å². The highest BCUT2D eigenvalue weighted by atomic mass is 35.5. The fraction of sp³-hybridized carbons (Fsp3) is 0.231.